The molecule has 0 aromatic heterocycles. The molecule has 0 unspecified atom stereocenters. The van der Waals surface area contributed by atoms with E-state index in [1.807, 2.05) is 18.2 Å². The number of aliphatic hydroxyl groups excluding tert-OH is 1. The molecule has 0 aliphatic heterocycles. The van der Waals surface area contributed by atoms with Crippen molar-refractivity contribution in [3.8, 4) is 0 Å². The third kappa shape index (κ3) is 1.54. The normalized spacial score (nSPS) is 15.5. The van der Waals surface area contributed by atoms with Crippen molar-refractivity contribution in [2.45, 2.75) is 32.6 Å². The van der Waals surface area contributed by atoms with Gasteiger partial charge in [0.25, 0.3) is 0 Å². The van der Waals surface area contributed by atoms with Crippen LogP contribution in [0.1, 0.15) is 37.3 Å². The van der Waals surface area contributed by atoms with Gasteiger partial charge in [-0.05, 0) is 30.4 Å². The van der Waals surface area contributed by atoms with Crippen LogP contribution in [0.3, 0.4) is 0 Å². The number of benzene rings is 1. The predicted molar refractivity (Wildman–Crippen MR) is 59.2 cm³/mol. The van der Waals surface area contributed by atoms with Crippen molar-refractivity contribution in [3.63, 3.8) is 0 Å². The molecule has 0 bridgehead atoms. The Morgan fingerprint density at radius 1 is 1.21 bits per heavy atom. The van der Waals surface area contributed by atoms with Crippen LogP contribution < -0.4 is 0 Å². The lowest BCUT2D eigenvalue weighted by molar-refractivity contribution is 0.494. The molecule has 1 aliphatic rings. The van der Waals surface area contributed by atoms with Gasteiger partial charge in [0.05, 0.1) is 0 Å². The maximum absolute atomic E-state index is 10.0. The molecular weight excluding hydrogens is 172 g/mol. The SMILES string of the molecule is CCCC1=C(O)c2ccccc2CC1. The Morgan fingerprint density at radius 3 is 2.79 bits per heavy atom. The summed E-state index contributed by atoms with van der Waals surface area (Å²) in [5, 5.41) is 10.0. The summed E-state index contributed by atoms with van der Waals surface area (Å²) in [4.78, 5) is 0. The second-order valence-corrected chi connectivity index (χ2v) is 3.86. The van der Waals surface area contributed by atoms with E-state index < -0.39 is 0 Å². The molecule has 74 valence electrons. The molecule has 0 radical (unpaired) electrons. The van der Waals surface area contributed by atoms with Gasteiger partial charge in [-0.15, -0.1) is 0 Å². The van der Waals surface area contributed by atoms with E-state index in [9.17, 15) is 5.11 Å². The topological polar surface area (TPSA) is 20.2 Å². The first-order valence-electron chi connectivity index (χ1n) is 5.32. The summed E-state index contributed by atoms with van der Waals surface area (Å²) in [6.07, 6.45) is 4.24. The molecule has 0 atom stereocenters. The largest absolute Gasteiger partial charge is 0.507 e. The van der Waals surface area contributed by atoms with Crippen LogP contribution in [-0.4, -0.2) is 5.11 Å². The molecule has 0 amide bonds. The molecule has 2 rings (SSSR count). The molecule has 1 aromatic carbocycles. The number of allylic oxidation sites excluding steroid dienone is 1. The lowest BCUT2D eigenvalue weighted by Gasteiger charge is -2.19. The van der Waals surface area contributed by atoms with Gasteiger partial charge >= 0.3 is 0 Å². The third-order valence-corrected chi connectivity index (χ3v) is 2.86. The van der Waals surface area contributed by atoms with Gasteiger partial charge in [0.1, 0.15) is 5.76 Å². The highest BCUT2D eigenvalue weighted by Gasteiger charge is 2.16. The van der Waals surface area contributed by atoms with E-state index in [1.165, 1.54) is 11.1 Å². The quantitative estimate of drug-likeness (QED) is 0.750. The second-order valence-electron chi connectivity index (χ2n) is 3.86. The minimum atomic E-state index is 0.536. The maximum atomic E-state index is 10.0. The van der Waals surface area contributed by atoms with Gasteiger partial charge in [-0.25, -0.2) is 0 Å². The summed E-state index contributed by atoms with van der Waals surface area (Å²) in [6.45, 7) is 2.15. The zero-order chi connectivity index (χ0) is 9.97. The molecule has 0 saturated heterocycles. The van der Waals surface area contributed by atoms with E-state index in [4.69, 9.17) is 0 Å². The van der Waals surface area contributed by atoms with Gasteiger partial charge in [0.15, 0.2) is 0 Å². The number of hydrogen-bond donors (Lipinski definition) is 1. The first kappa shape index (κ1) is 9.32. The highest BCUT2D eigenvalue weighted by atomic mass is 16.3. The minimum absolute atomic E-state index is 0.536. The Balaban J connectivity index is 2.40. The Kier molecular flexibility index (Phi) is 2.58. The van der Waals surface area contributed by atoms with Crippen molar-refractivity contribution in [1.29, 1.82) is 0 Å². The van der Waals surface area contributed by atoms with E-state index in [1.54, 1.807) is 0 Å². The first-order chi connectivity index (χ1) is 6.83. The van der Waals surface area contributed by atoms with Crippen molar-refractivity contribution < 1.29 is 5.11 Å². The van der Waals surface area contributed by atoms with Crippen molar-refractivity contribution >= 4 is 5.76 Å². The fourth-order valence-electron chi connectivity index (χ4n) is 2.11. The van der Waals surface area contributed by atoms with Crippen LogP contribution in [0.4, 0.5) is 0 Å². The maximum Gasteiger partial charge on any atom is 0.122 e. The molecule has 14 heavy (non-hydrogen) atoms. The molecule has 1 aliphatic carbocycles. The fourth-order valence-corrected chi connectivity index (χ4v) is 2.11. The van der Waals surface area contributed by atoms with Crippen LogP contribution >= 0.6 is 0 Å². The predicted octanol–water partition coefficient (Wildman–Crippen LogP) is 3.70. The van der Waals surface area contributed by atoms with Gasteiger partial charge in [-0.1, -0.05) is 37.6 Å². The Hall–Kier alpha value is -1.24. The van der Waals surface area contributed by atoms with E-state index in [0.717, 1.165) is 31.2 Å². The molecule has 1 N–H and O–H groups in total. The summed E-state index contributed by atoms with van der Waals surface area (Å²) < 4.78 is 0. The highest BCUT2D eigenvalue weighted by molar-refractivity contribution is 5.67. The number of hydrogen-bond acceptors (Lipinski definition) is 1. The summed E-state index contributed by atoms with van der Waals surface area (Å²) in [7, 11) is 0. The van der Waals surface area contributed by atoms with Gasteiger partial charge in [-0.3, -0.25) is 0 Å². The zero-order valence-electron chi connectivity index (χ0n) is 8.59. The second kappa shape index (κ2) is 3.87. The van der Waals surface area contributed by atoms with Crippen molar-refractivity contribution in [2.24, 2.45) is 0 Å². The van der Waals surface area contributed by atoms with E-state index in [2.05, 4.69) is 13.0 Å². The molecule has 0 spiro atoms. The van der Waals surface area contributed by atoms with Crippen LogP contribution in [0.2, 0.25) is 0 Å². The van der Waals surface area contributed by atoms with Gasteiger partial charge in [0.2, 0.25) is 0 Å². The molecule has 0 fully saturated rings. The number of aryl methyl sites for hydroxylation is 1. The van der Waals surface area contributed by atoms with Gasteiger partial charge in [0, 0.05) is 5.56 Å². The van der Waals surface area contributed by atoms with Gasteiger partial charge < -0.3 is 5.11 Å². The Labute approximate surface area is 85.1 Å². The van der Waals surface area contributed by atoms with Crippen molar-refractivity contribution in [2.75, 3.05) is 0 Å². The molecule has 1 heteroatoms. The summed E-state index contributed by atoms with van der Waals surface area (Å²) in [5.41, 5.74) is 3.55. The third-order valence-electron chi connectivity index (χ3n) is 2.86. The standard InChI is InChI=1S/C13H16O/c1-2-5-11-9-8-10-6-3-4-7-12(10)13(11)14/h3-4,6-7,14H,2,5,8-9H2,1H3. The smallest absolute Gasteiger partial charge is 0.122 e. The minimum Gasteiger partial charge on any atom is -0.507 e. The monoisotopic (exact) mass is 188 g/mol. The molecule has 0 heterocycles. The lowest BCUT2D eigenvalue weighted by atomic mass is 9.89. The van der Waals surface area contributed by atoms with Crippen LogP contribution in [-0.2, 0) is 6.42 Å². The fraction of sp³-hybridized carbons (Fsp3) is 0.385. The summed E-state index contributed by atoms with van der Waals surface area (Å²) in [5.74, 6) is 0.536. The summed E-state index contributed by atoms with van der Waals surface area (Å²) >= 11 is 0. The van der Waals surface area contributed by atoms with E-state index in [0.29, 0.717) is 5.76 Å². The number of rotatable bonds is 2. The summed E-state index contributed by atoms with van der Waals surface area (Å²) in [6, 6.07) is 8.15. The molecular formula is C13H16O. The van der Waals surface area contributed by atoms with Crippen molar-refractivity contribution in [1.82, 2.24) is 0 Å². The van der Waals surface area contributed by atoms with Crippen LogP contribution in [0.25, 0.3) is 5.76 Å². The molecule has 1 nitrogen and oxygen atoms in total. The highest BCUT2D eigenvalue weighted by Crippen LogP contribution is 2.31. The molecule has 1 aromatic rings. The number of fused-ring (bicyclic) bond motifs is 1. The molecule has 0 saturated carbocycles. The Morgan fingerprint density at radius 2 is 2.00 bits per heavy atom. The van der Waals surface area contributed by atoms with Crippen LogP contribution in [0, 0.1) is 0 Å². The lowest BCUT2D eigenvalue weighted by Crippen LogP contribution is -2.04. The van der Waals surface area contributed by atoms with Crippen LogP contribution in [0.15, 0.2) is 29.8 Å². The number of aliphatic hydroxyl groups is 1. The van der Waals surface area contributed by atoms with E-state index >= 15 is 0 Å². The average molecular weight is 188 g/mol. The average Bonchev–Trinajstić information content (AvgIpc) is 2.23. The van der Waals surface area contributed by atoms with E-state index in [-0.39, 0.29) is 0 Å². The van der Waals surface area contributed by atoms with Crippen molar-refractivity contribution in [3.05, 3.63) is 41.0 Å². The van der Waals surface area contributed by atoms with Gasteiger partial charge in [-0.2, -0.15) is 0 Å². The van der Waals surface area contributed by atoms with Crippen LogP contribution in [0.5, 0.6) is 0 Å². The Bertz CT molecular complexity index is 363. The first-order valence-corrected chi connectivity index (χ1v) is 5.32. The zero-order valence-corrected chi connectivity index (χ0v) is 8.59.